The summed E-state index contributed by atoms with van der Waals surface area (Å²) < 4.78 is 0. The third-order valence-electron chi connectivity index (χ3n) is 4.90. The highest BCUT2D eigenvalue weighted by atomic mass is 16.1. The molecular formula is C16H23N3O. The van der Waals surface area contributed by atoms with E-state index in [-0.39, 0.29) is 0 Å². The predicted molar refractivity (Wildman–Crippen MR) is 81.7 cm³/mol. The number of piperidine rings is 1. The highest BCUT2D eigenvalue weighted by Gasteiger charge is 2.34. The van der Waals surface area contributed by atoms with Gasteiger partial charge in [0.2, 0.25) is 0 Å². The molecule has 1 heterocycles. The minimum Gasteiger partial charge on any atom is -0.396 e. The van der Waals surface area contributed by atoms with Crippen molar-refractivity contribution >= 4 is 17.3 Å². The standard InChI is InChI=1S/C16H23N3O/c17-15-12(16(18)20)7-3-9-14(15)19-10-4-6-11-5-1-2-8-13(11)19/h3,7,9,11,13H,1-2,4-6,8,10,17H2,(H2,18,20)/t11-,13-/m1/s1. The third-order valence-corrected chi connectivity index (χ3v) is 4.90. The van der Waals surface area contributed by atoms with Gasteiger partial charge in [0.25, 0.3) is 5.91 Å². The summed E-state index contributed by atoms with van der Waals surface area (Å²) in [6.07, 6.45) is 7.76. The first kappa shape index (κ1) is 13.3. The molecule has 1 aliphatic carbocycles. The number of carbonyl (C=O) groups excluding carboxylic acids is 1. The Balaban J connectivity index is 1.95. The van der Waals surface area contributed by atoms with Crippen LogP contribution >= 0.6 is 0 Å². The number of nitrogens with two attached hydrogens (primary N) is 2. The zero-order valence-electron chi connectivity index (χ0n) is 11.8. The van der Waals surface area contributed by atoms with E-state index in [1.54, 1.807) is 6.07 Å². The van der Waals surface area contributed by atoms with E-state index in [1.165, 1.54) is 38.5 Å². The number of carbonyl (C=O) groups is 1. The Morgan fingerprint density at radius 2 is 1.90 bits per heavy atom. The number of fused-ring (bicyclic) bond motifs is 1. The second-order valence-corrected chi connectivity index (χ2v) is 6.05. The number of nitrogens with zero attached hydrogens (tertiary/aromatic N) is 1. The van der Waals surface area contributed by atoms with Crippen LogP contribution in [0.3, 0.4) is 0 Å². The molecule has 2 aliphatic rings. The van der Waals surface area contributed by atoms with Crippen molar-refractivity contribution in [1.29, 1.82) is 0 Å². The van der Waals surface area contributed by atoms with Gasteiger partial charge in [-0.05, 0) is 43.7 Å². The molecule has 0 radical (unpaired) electrons. The Bertz CT molecular complexity index is 512. The van der Waals surface area contributed by atoms with E-state index in [0.29, 0.717) is 17.3 Å². The molecule has 1 amide bonds. The van der Waals surface area contributed by atoms with E-state index in [2.05, 4.69) is 4.90 Å². The molecule has 108 valence electrons. The third kappa shape index (κ3) is 2.23. The summed E-state index contributed by atoms with van der Waals surface area (Å²) in [5.74, 6) is 0.343. The molecule has 0 aromatic heterocycles. The second-order valence-electron chi connectivity index (χ2n) is 6.05. The van der Waals surface area contributed by atoms with Gasteiger partial charge in [0, 0.05) is 12.6 Å². The van der Waals surface area contributed by atoms with Crippen molar-refractivity contribution < 1.29 is 4.79 Å². The Kier molecular flexibility index (Phi) is 3.55. The lowest BCUT2D eigenvalue weighted by atomic mass is 9.78. The van der Waals surface area contributed by atoms with Crippen LogP contribution < -0.4 is 16.4 Å². The lowest BCUT2D eigenvalue weighted by Crippen LogP contribution is -2.47. The molecule has 3 rings (SSSR count). The average molecular weight is 273 g/mol. The van der Waals surface area contributed by atoms with Gasteiger partial charge in [0.05, 0.1) is 16.9 Å². The average Bonchev–Trinajstić information content (AvgIpc) is 2.47. The van der Waals surface area contributed by atoms with Crippen molar-refractivity contribution in [3.05, 3.63) is 23.8 Å². The summed E-state index contributed by atoms with van der Waals surface area (Å²) in [5, 5.41) is 0. The van der Waals surface area contributed by atoms with Gasteiger partial charge in [-0.1, -0.05) is 18.9 Å². The van der Waals surface area contributed by atoms with Gasteiger partial charge in [-0.2, -0.15) is 0 Å². The van der Waals surface area contributed by atoms with Crippen LogP contribution in [0.2, 0.25) is 0 Å². The number of rotatable bonds is 2. The smallest absolute Gasteiger partial charge is 0.250 e. The topological polar surface area (TPSA) is 72.4 Å². The van der Waals surface area contributed by atoms with Crippen molar-refractivity contribution in [2.75, 3.05) is 17.2 Å². The molecule has 2 fully saturated rings. The lowest BCUT2D eigenvalue weighted by Gasteiger charge is -2.46. The molecule has 0 spiro atoms. The molecule has 4 nitrogen and oxygen atoms in total. The molecule has 1 saturated heterocycles. The van der Waals surface area contributed by atoms with E-state index in [1.807, 2.05) is 12.1 Å². The molecule has 1 saturated carbocycles. The van der Waals surface area contributed by atoms with Crippen molar-refractivity contribution in [2.45, 2.75) is 44.6 Å². The molecule has 2 atom stereocenters. The summed E-state index contributed by atoms with van der Waals surface area (Å²) in [5.41, 5.74) is 13.6. The van der Waals surface area contributed by atoms with Crippen LogP contribution in [-0.4, -0.2) is 18.5 Å². The first-order valence-corrected chi connectivity index (χ1v) is 7.63. The van der Waals surface area contributed by atoms with E-state index in [9.17, 15) is 4.79 Å². The molecule has 4 N–H and O–H groups in total. The Morgan fingerprint density at radius 1 is 1.15 bits per heavy atom. The Labute approximate surface area is 120 Å². The fourth-order valence-electron chi connectivity index (χ4n) is 3.94. The Morgan fingerprint density at radius 3 is 2.70 bits per heavy atom. The monoisotopic (exact) mass is 273 g/mol. The van der Waals surface area contributed by atoms with Crippen molar-refractivity contribution in [1.82, 2.24) is 0 Å². The van der Waals surface area contributed by atoms with Crippen LogP contribution in [0, 0.1) is 5.92 Å². The van der Waals surface area contributed by atoms with E-state index < -0.39 is 5.91 Å². The summed E-state index contributed by atoms with van der Waals surface area (Å²) >= 11 is 0. The predicted octanol–water partition coefficient (Wildman–Crippen LogP) is 2.53. The summed E-state index contributed by atoms with van der Waals surface area (Å²) in [4.78, 5) is 13.9. The number of hydrogen-bond donors (Lipinski definition) is 2. The second kappa shape index (κ2) is 5.35. The lowest BCUT2D eigenvalue weighted by molar-refractivity contribution is 0.100. The van der Waals surface area contributed by atoms with Gasteiger partial charge in [0.15, 0.2) is 0 Å². The van der Waals surface area contributed by atoms with Crippen molar-refractivity contribution in [3.8, 4) is 0 Å². The summed E-state index contributed by atoms with van der Waals surface area (Å²) in [6, 6.07) is 6.21. The van der Waals surface area contributed by atoms with E-state index in [0.717, 1.165) is 18.2 Å². The van der Waals surface area contributed by atoms with Gasteiger partial charge in [-0.15, -0.1) is 0 Å². The first-order valence-electron chi connectivity index (χ1n) is 7.63. The van der Waals surface area contributed by atoms with Crippen LogP contribution in [0.1, 0.15) is 48.9 Å². The molecule has 1 aromatic rings. The molecular weight excluding hydrogens is 250 g/mol. The van der Waals surface area contributed by atoms with Gasteiger partial charge in [-0.3, -0.25) is 4.79 Å². The first-order chi connectivity index (χ1) is 9.68. The number of primary amides is 1. The van der Waals surface area contributed by atoms with Gasteiger partial charge >= 0.3 is 0 Å². The Hall–Kier alpha value is -1.71. The number of hydrogen-bond acceptors (Lipinski definition) is 3. The van der Waals surface area contributed by atoms with Gasteiger partial charge < -0.3 is 16.4 Å². The van der Waals surface area contributed by atoms with Crippen LogP contribution in [0.15, 0.2) is 18.2 Å². The molecule has 20 heavy (non-hydrogen) atoms. The molecule has 4 heteroatoms. The van der Waals surface area contributed by atoms with E-state index in [4.69, 9.17) is 11.5 Å². The van der Waals surface area contributed by atoms with Crippen LogP contribution in [0.5, 0.6) is 0 Å². The zero-order chi connectivity index (χ0) is 14.1. The zero-order valence-corrected chi connectivity index (χ0v) is 11.8. The van der Waals surface area contributed by atoms with Crippen LogP contribution in [0.25, 0.3) is 0 Å². The largest absolute Gasteiger partial charge is 0.396 e. The maximum absolute atomic E-state index is 11.5. The summed E-state index contributed by atoms with van der Waals surface area (Å²) in [7, 11) is 0. The van der Waals surface area contributed by atoms with Crippen molar-refractivity contribution in [2.24, 2.45) is 11.7 Å². The minimum atomic E-state index is -0.443. The number of nitrogen functional groups attached to an aromatic ring is 1. The van der Waals surface area contributed by atoms with Crippen LogP contribution in [0.4, 0.5) is 11.4 Å². The highest BCUT2D eigenvalue weighted by Crippen LogP contribution is 2.40. The molecule has 1 aromatic carbocycles. The van der Waals surface area contributed by atoms with Crippen LogP contribution in [-0.2, 0) is 0 Å². The molecule has 1 aliphatic heterocycles. The quantitative estimate of drug-likeness (QED) is 0.813. The van der Waals surface area contributed by atoms with E-state index >= 15 is 0 Å². The fourth-order valence-corrected chi connectivity index (χ4v) is 3.94. The molecule has 0 unspecified atom stereocenters. The van der Waals surface area contributed by atoms with Crippen molar-refractivity contribution in [3.63, 3.8) is 0 Å². The maximum atomic E-state index is 11.5. The van der Waals surface area contributed by atoms with Gasteiger partial charge in [0.1, 0.15) is 0 Å². The SMILES string of the molecule is NC(=O)c1cccc(N2CCC[C@H]3CCCC[C@H]32)c1N. The highest BCUT2D eigenvalue weighted by molar-refractivity contribution is 6.00. The number of amides is 1. The van der Waals surface area contributed by atoms with Gasteiger partial charge in [-0.25, -0.2) is 0 Å². The normalized spacial score (nSPS) is 26.1. The number of benzene rings is 1. The number of para-hydroxylation sites is 1. The number of anilines is 2. The maximum Gasteiger partial charge on any atom is 0.250 e. The molecule has 0 bridgehead atoms. The minimum absolute atomic E-state index is 0.443. The fraction of sp³-hybridized carbons (Fsp3) is 0.562. The summed E-state index contributed by atoms with van der Waals surface area (Å²) in [6.45, 7) is 1.04.